The van der Waals surface area contributed by atoms with E-state index in [1.54, 1.807) is 18.2 Å². The summed E-state index contributed by atoms with van der Waals surface area (Å²) in [5, 5.41) is 14.8. The van der Waals surface area contributed by atoms with Crippen LogP contribution in [0.4, 0.5) is 17.3 Å². The average Bonchev–Trinajstić information content (AvgIpc) is 2.61. The molecular formula is C20H17N5O. The van der Waals surface area contributed by atoms with E-state index < -0.39 is 0 Å². The molecule has 0 aliphatic rings. The fourth-order valence-corrected chi connectivity index (χ4v) is 2.56. The van der Waals surface area contributed by atoms with Gasteiger partial charge in [0.2, 0.25) is 5.95 Å². The van der Waals surface area contributed by atoms with Gasteiger partial charge in [0.05, 0.1) is 17.2 Å². The fraction of sp³-hybridized carbons (Fsp3) is 0.100. The van der Waals surface area contributed by atoms with Gasteiger partial charge < -0.3 is 10.6 Å². The Kier molecular flexibility index (Phi) is 4.90. The molecule has 0 saturated heterocycles. The summed E-state index contributed by atoms with van der Waals surface area (Å²) in [6, 6.07) is 14.9. The van der Waals surface area contributed by atoms with E-state index in [-0.39, 0.29) is 5.91 Å². The molecule has 3 aromatic rings. The van der Waals surface area contributed by atoms with Crippen LogP contribution in [0.25, 0.3) is 0 Å². The number of nitrogens with one attached hydrogen (secondary N) is 2. The van der Waals surface area contributed by atoms with Gasteiger partial charge in [-0.05, 0) is 55.3 Å². The van der Waals surface area contributed by atoms with Crippen LogP contribution in [-0.4, -0.2) is 15.9 Å². The van der Waals surface area contributed by atoms with Gasteiger partial charge in [-0.1, -0.05) is 12.1 Å². The zero-order chi connectivity index (χ0) is 18.5. The summed E-state index contributed by atoms with van der Waals surface area (Å²) in [6.45, 7) is 3.96. The van der Waals surface area contributed by atoms with Gasteiger partial charge >= 0.3 is 0 Å². The number of carbonyl (C=O) groups is 1. The van der Waals surface area contributed by atoms with Crippen molar-refractivity contribution in [2.75, 3.05) is 10.6 Å². The highest BCUT2D eigenvalue weighted by Crippen LogP contribution is 2.16. The third-order valence-corrected chi connectivity index (χ3v) is 3.64. The Bertz CT molecular complexity index is 970. The van der Waals surface area contributed by atoms with Crippen molar-refractivity contribution in [2.45, 2.75) is 13.8 Å². The van der Waals surface area contributed by atoms with E-state index in [1.807, 2.05) is 38.1 Å². The first-order chi connectivity index (χ1) is 12.5. The molecule has 0 saturated carbocycles. The van der Waals surface area contributed by atoms with Crippen LogP contribution in [0.2, 0.25) is 0 Å². The van der Waals surface area contributed by atoms with Gasteiger partial charge in [-0.25, -0.2) is 9.97 Å². The molecule has 2 aromatic carbocycles. The number of anilines is 3. The Labute approximate surface area is 151 Å². The summed E-state index contributed by atoms with van der Waals surface area (Å²) in [7, 11) is 0. The molecule has 0 aliphatic heterocycles. The number of amides is 1. The molecule has 0 bridgehead atoms. The van der Waals surface area contributed by atoms with Crippen LogP contribution in [-0.2, 0) is 0 Å². The van der Waals surface area contributed by atoms with E-state index in [9.17, 15) is 4.79 Å². The first kappa shape index (κ1) is 17.1. The maximum absolute atomic E-state index is 12.3. The number of benzene rings is 2. The molecule has 0 unspecified atom stereocenters. The molecule has 1 aromatic heterocycles. The Balaban J connectivity index is 1.70. The molecule has 0 atom stereocenters. The molecule has 0 aliphatic carbocycles. The van der Waals surface area contributed by atoms with Crippen LogP contribution >= 0.6 is 0 Å². The van der Waals surface area contributed by atoms with Gasteiger partial charge in [0.15, 0.2) is 0 Å². The second-order valence-electron chi connectivity index (χ2n) is 5.94. The fourth-order valence-electron chi connectivity index (χ4n) is 2.56. The predicted octanol–water partition coefficient (Wildman–Crippen LogP) is 3.96. The van der Waals surface area contributed by atoms with Gasteiger partial charge in [0.25, 0.3) is 5.91 Å². The number of carbonyl (C=O) groups excluding carboxylic acids is 1. The lowest BCUT2D eigenvalue weighted by molar-refractivity contribution is 0.102. The van der Waals surface area contributed by atoms with Crippen molar-refractivity contribution in [1.29, 1.82) is 5.26 Å². The molecule has 3 rings (SSSR count). The quantitative estimate of drug-likeness (QED) is 0.748. The Morgan fingerprint density at radius 1 is 1.00 bits per heavy atom. The third-order valence-electron chi connectivity index (χ3n) is 3.64. The van der Waals surface area contributed by atoms with E-state index in [1.165, 1.54) is 12.4 Å². The zero-order valence-electron chi connectivity index (χ0n) is 14.4. The van der Waals surface area contributed by atoms with Crippen LogP contribution in [0.1, 0.15) is 27.0 Å². The number of hydrogen-bond acceptors (Lipinski definition) is 5. The minimum absolute atomic E-state index is 0.270. The normalized spacial score (nSPS) is 10.0. The van der Waals surface area contributed by atoms with Gasteiger partial charge in [0.1, 0.15) is 0 Å². The molecule has 0 radical (unpaired) electrons. The number of aromatic nitrogens is 2. The van der Waals surface area contributed by atoms with Crippen molar-refractivity contribution in [3.05, 3.63) is 77.1 Å². The van der Waals surface area contributed by atoms with Crippen LogP contribution in [0.15, 0.2) is 54.9 Å². The van der Waals surface area contributed by atoms with Gasteiger partial charge in [-0.3, -0.25) is 4.79 Å². The Morgan fingerprint density at radius 3 is 2.35 bits per heavy atom. The van der Waals surface area contributed by atoms with E-state index in [2.05, 4.69) is 26.7 Å². The smallest absolute Gasteiger partial charge is 0.258 e. The second kappa shape index (κ2) is 7.45. The Hall–Kier alpha value is -3.72. The van der Waals surface area contributed by atoms with Crippen LogP contribution < -0.4 is 10.6 Å². The van der Waals surface area contributed by atoms with E-state index in [0.29, 0.717) is 22.8 Å². The molecule has 1 amide bonds. The highest BCUT2D eigenvalue weighted by molar-refractivity contribution is 6.04. The first-order valence-electron chi connectivity index (χ1n) is 8.02. The monoisotopic (exact) mass is 343 g/mol. The number of nitriles is 1. The highest BCUT2D eigenvalue weighted by atomic mass is 16.1. The summed E-state index contributed by atoms with van der Waals surface area (Å²) in [4.78, 5) is 20.7. The number of rotatable bonds is 4. The number of hydrogen-bond donors (Lipinski definition) is 2. The lowest BCUT2D eigenvalue weighted by Gasteiger charge is -2.08. The predicted molar refractivity (Wildman–Crippen MR) is 100 cm³/mol. The Morgan fingerprint density at radius 2 is 1.69 bits per heavy atom. The van der Waals surface area contributed by atoms with Crippen LogP contribution in [0.3, 0.4) is 0 Å². The average molecular weight is 343 g/mol. The minimum Gasteiger partial charge on any atom is -0.324 e. The van der Waals surface area contributed by atoms with E-state index >= 15 is 0 Å². The van der Waals surface area contributed by atoms with Gasteiger partial charge in [-0.15, -0.1) is 0 Å². The van der Waals surface area contributed by atoms with Crippen molar-refractivity contribution in [3.63, 3.8) is 0 Å². The summed E-state index contributed by atoms with van der Waals surface area (Å²) in [6.07, 6.45) is 2.92. The zero-order valence-corrected chi connectivity index (χ0v) is 14.4. The third kappa shape index (κ3) is 4.22. The van der Waals surface area contributed by atoms with Crippen molar-refractivity contribution >= 4 is 23.2 Å². The summed E-state index contributed by atoms with van der Waals surface area (Å²) in [5.74, 6) is 0.0797. The lowest BCUT2D eigenvalue weighted by Crippen LogP contribution is -2.13. The second-order valence-corrected chi connectivity index (χ2v) is 5.94. The molecular weight excluding hydrogens is 326 g/mol. The molecule has 2 N–H and O–H groups in total. The van der Waals surface area contributed by atoms with Crippen molar-refractivity contribution < 1.29 is 4.79 Å². The van der Waals surface area contributed by atoms with Crippen molar-refractivity contribution in [3.8, 4) is 6.07 Å². The highest BCUT2D eigenvalue weighted by Gasteiger charge is 2.09. The minimum atomic E-state index is -0.270. The molecule has 1 heterocycles. The molecule has 0 spiro atoms. The first-order valence-corrected chi connectivity index (χ1v) is 8.02. The van der Waals surface area contributed by atoms with Crippen LogP contribution in [0, 0.1) is 25.2 Å². The van der Waals surface area contributed by atoms with Crippen LogP contribution in [0.5, 0.6) is 0 Å². The van der Waals surface area contributed by atoms with Crippen molar-refractivity contribution in [1.82, 2.24) is 9.97 Å². The molecule has 6 nitrogen and oxygen atoms in total. The molecule has 26 heavy (non-hydrogen) atoms. The number of nitrogens with zero attached hydrogens (tertiary/aromatic N) is 3. The largest absolute Gasteiger partial charge is 0.324 e. The van der Waals surface area contributed by atoms with Gasteiger partial charge in [0, 0.05) is 23.8 Å². The van der Waals surface area contributed by atoms with Gasteiger partial charge in [-0.2, -0.15) is 5.26 Å². The SMILES string of the molecule is Cc1cc(C)cc(NC(=O)c2cnc(Nc3cccc(C#N)c3)nc2)c1. The van der Waals surface area contributed by atoms with E-state index in [4.69, 9.17) is 5.26 Å². The van der Waals surface area contributed by atoms with E-state index in [0.717, 1.165) is 16.8 Å². The molecule has 0 fully saturated rings. The standard InChI is InChI=1S/C20H17N5O/c1-13-6-14(2)8-18(7-13)24-19(26)16-11-22-20(23-12-16)25-17-5-3-4-15(9-17)10-21/h3-9,11-12H,1-2H3,(H,24,26)(H,22,23,25). The summed E-state index contributed by atoms with van der Waals surface area (Å²) < 4.78 is 0. The molecule has 6 heteroatoms. The molecule has 128 valence electrons. The summed E-state index contributed by atoms with van der Waals surface area (Å²) in [5.41, 5.74) is 4.51. The topological polar surface area (TPSA) is 90.7 Å². The lowest BCUT2D eigenvalue weighted by atomic mass is 10.1. The maximum atomic E-state index is 12.3. The number of aryl methyl sites for hydroxylation is 2. The maximum Gasteiger partial charge on any atom is 0.258 e. The summed E-state index contributed by atoms with van der Waals surface area (Å²) >= 11 is 0. The van der Waals surface area contributed by atoms with Crippen molar-refractivity contribution in [2.24, 2.45) is 0 Å².